The predicted molar refractivity (Wildman–Crippen MR) is 117 cm³/mol. The number of carbonyl (C=O) groups excluding carboxylic acids is 1. The Morgan fingerprint density at radius 2 is 1.97 bits per heavy atom. The molecule has 0 bridgehead atoms. The summed E-state index contributed by atoms with van der Waals surface area (Å²) >= 11 is 1.36. The molecule has 150 valence electrons. The maximum atomic E-state index is 12.5. The molecule has 1 aromatic heterocycles. The molecule has 4 rings (SSSR count). The van der Waals surface area contributed by atoms with E-state index >= 15 is 0 Å². The van der Waals surface area contributed by atoms with Gasteiger partial charge in [0.1, 0.15) is 5.82 Å². The number of ether oxygens (including phenoxy) is 1. The van der Waals surface area contributed by atoms with Crippen LogP contribution in [0.15, 0.2) is 59.8 Å². The van der Waals surface area contributed by atoms with Crippen LogP contribution in [0, 0.1) is 0 Å². The lowest BCUT2D eigenvalue weighted by atomic mass is 10.2. The van der Waals surface area contributed by atoms with Crippen molar-refractivity contribution in [3.05, 3.63) is 54.6 Å². The van der Waals surface area contributed by atoms with E-state index in [0.717, 1.165) is 41.9 Å². The van der Waals surface area contributed by atoms with Gasteiger partial charge in [0.25, 0.3) is 0 Å². The number of benzene rings is 2. The zero-order valence-corrected chi connectivity index (χ0v) is 17.1. The van der Waals surface area contributed by atoms with Crippen LogP contribution in [0.4, 0.5) is 11.5 Å². The Morgan fingerprint density at radius 1 is 1.17 bits per heavy atom. The zero-order chi connectivity index (χ0) is 20.1. The molecule has 2 N–H and O–H groups in total. The maximum Gasteiger partial charge on any atom is 0.233 e. The van der Waals surface area contributed by atoms with Crippen molar-refractivity contribution in [2.24, 2.45) is 0 Å². The van der Waals surface area contributed by atoms with Gasteiger partial charge in [-0.1, -0.05) is 42.1 Å². The topological polar surface area (TPSA) is 76.1 Å². The van der Waals surface area contributed by atoms with E-state index < -0.39 is 0 Å². The second-order valence-electron chi connectivity index (χ2n) is 7.00. The molecule has 1 amide bonds. The smallest absolute Gasteiger partial charge is 0.233 e. The highest BCUT2D eigenvalue weighted by molar-refractivity contribution is 8.00. The van der Waals surface area contributed by atoms with Crippen molar-refractivity contribution >= 4 is 40.1 Å². The van der Waals surface area contributed by atoms with Crippen molar-refractivity contribution in [2.75, 3.05) is 18.5 Å². The molecule has 1 aliphatic heterocycles. The van der Waals surface area contributed by atoms with E-state index in [2.05, 4.69) is 15.6 Å². The number of anilines is 2. The summed E-state index contributed by atoms with van der Waals surface area (Å²) < 4.78 is 5.57. The fraction of sp³-hybridized carbons (Fsp3) is 0.318. The summed E-state index contributed by atoms with van der Waals surface area (Å²) in [5.74, 6) is 0.705. The van der Waals surface area contributed by atoms with Crippen molar-refractivity contribution in [3.63, 3.8) is 0 Å². The lowest BCUT2D eigenvalue weighted by Crippen LogP contribution is -2.36. The van der Waals surface area contributed by atoms with Crippen LogP contribution < -0.4 is 10.6 Å². The average Bonchev–Trinajstić information content (AvgIpc) is 3.26. The largest absolute Gasteiger partial charge is 0.376 e. The first-order chi connectivity index (χ1) is 14.2. The summed E-state index contributed by atoms with van der Waals surface area (Å²) in [6, 6.07) is 17.8. The Labute approximate surface area is 174 Å². The number of para-hydroxylation sites is 2. The van der Waals surface area contributed by atoms with Gasteiger partial charge in [-0.15, -0.1) is 0 Å². The van der Waals surface area contributed by atoms with Crippen LogP contribution in [-0.2, 0) is 9.53 Å². The first kappa shape index (κ1) is 19.7. The van der Waals surface area contributed by atoms with Gasteiger partial charge in [-0.3, -0.25) is 4.79 Å². The van der Waals surface area contributed by atoms with Gasteiger partial charge in [0.15, 0.2) is 5.16 Å². The van der Waals surface area contributed by atoms with Crippen molar-refractivity contribution in [3.8, 4) is 0 Å². The Hall–Kier alpha value is -2.64. The number of carbonyl (C=O) groups is 1. The van der Waals surface area contributed by atoms with E-state index in [1.54, 1.807) is 0 Å². The maximum absolute atomic E-state index is 12.5. The van der Waals surface area contributed by atoms with E-state index in [1.807, 2.05) is 61.5 Å². The Kier molecular flexibility index (Phi) is 6.27. The highest BCUT2D eigenvalue weighted by Gasteiger charge is 2.20. The van der Waals surface area contributed by atoms with Gasteiger partial charge < -0.3 is 15.4 Å². The van der Waals surface area contributed by atoms with Crippen molar-refractivity contribution in [2.45, 2.75) is 36.3 Å². The number of nitrogens with one attached hydrogen (secondary N) is 2. The summed E-state index contributed by atoms with van der Waals surface area (Å²) in [6.07, 6.45) is 2.20. The van der Waals surface area contributed by atoms with Crippen LogP contribution >= 0.6 is 11.8 Å². The number of hydrogen-bond acceptors (Lipinski definition) is 6. The molecule has 2 heterocycles. The molecule has 0 spiro atoms. The summed E-state index contributed by atoms with van der Waals surface area (Å²) in [5.41, 5.74) is 1.80. The first-order valence-electron chi connectivity index (χ1n) is 9.84. The van der Waals surface area contributed by atoms with Crippen LogP contribution in [0.25, 0.3) is 10.9 Å². The SMILES string of the molecule is C[C@@H](Sc1nc(Nc2ccccc2)c2ccccc2n1)C(=O)NC[C@@H]1CCCO1. The molecular weight excluding hydrogens is 384 g/mol. The lowest BCUT2D eigenvalue weighted by molar-refractivity contribution is -0.120. The molecule has 0 saturated carbocycles. The number of fused-ring (bicyclic) bond motifs is 1. The molecule has 0 radical (unpaired) electrons. The first-order valence-corrected chi connectivity index (χ1v) is 10.7. The van der Waals surface area contributed by atoms with Gasteiger partial charge >= 0.3 is 0 Å². The molecule has 3 aromatic rings. The zero-order valence-electron chi connectivity index (χ0n) is 16.3. The lowest BCUT2D eigenvalue weighted by Gasteiger charge is -2.15. The monoisotopic (exact) mass is 408 g/mol. The molecule has 2 aromatic carbocycles. The van der Waals surface area contributed by atoms with Gasteiger partial charge in [0.05, 0.1) is 16.9 Å². The summed E-state index contributed by atoms with van der Waals surface area (Å²) in [6.45, 7) is 3.22. The summed E-state index contributed by atoms with van der Waals surface area (Å²) in [4.78, 5) is 21.8. The molecule has 0 unspecified atom stereocenters. The Balaban J connectivity index is 1.50. The second kappa shape index (κ2) is 9.24. The summed E-state index contributed by atoms with van der Waals surface area (Å²) in [7, 11) is 0. The molecule has 29 heavy (non-hydrogen) atoms. The third-order valence-corrected chi connectivity index (χ3v) is 5.76. The number of rotatable bonds is 7. The fourth-order valence-electron chi connectivity index (χ4n) is 3.24. The standard InChI is InChI=1S/C22H24N4O2S/c1-15(21(27)23-14-17-10-7-13-28-17)29-22-25-19-12-6-5-11-18(19)20(26-22)24-16-8-3-2-4-9-16/h2-6,8-9,11-12,15,17H,7,10,13-14H2,1H3,(H,23,27)(H,24,25,26)/t15-,17+/m1/s1. The Morgan fingerprint density at radius 3 is 2.76 bits per heavy atom. The third-order valence-electron chi connectivity index (χ3n) is 4.80. The van der Waals surface area contributed by atoms with Crippen LogP contribution in [0.5, 0.6) is 0 Å². The van der Waals surface area contributed by atoms with Crippen molar-refractivity contribution in [1.82, 2.24) is 15.3 Å². The molecule has 1 saturated heterocycles. The number of nitrogens with zero attached hydrogens (tertiary/aromatic N) is 2. The van der Waals surface area contributed by atoms with Gasteiger partial charge in [-0.2, -0.15) is 0 Å². The van der Waals surface area contributed by atoms with E-state index in [4.69, 9.17) is 9.72 Å². The minimum Gasteiger partial charge on any atom is -0.376 e. The molecule has 2 atom stereocenters. The number of amides is 1. The summed E-state index contributed by atoms with van der Waals surface area (Å²) in [5, 5.41) is 7.56. The highest BCUT2D eigenvalue weighted by atomic mass is 32.2. The number of hydrogen-bond donors (Lipinski definition) is 2. The van der Waals surface area contributed by atoms with Gasteiger partial charge in [0.2, 0.25) is 5.91 Å². The predicted octanol–water partition coefficient (Wildman–Crippen LogP) is 4.15. The van der Waals surface area contributed by atoms with Crippen molar-refractivity contribution in [1.29, 1.82) is 0 Å². The molecule has 6 nitrogen and oxygen atoms in total. The molecular formula is C22H24N4O2S. The van der Waals surface area contributed by atoms with Crippen LogP contribution in [-0.4, -0.2) is 40.4 Å². The third kappa shape index (κ3) is 5.05. The number of thioether (sulfide) groups is 1. The van der Waals surface area contributed by atoms with Crippen LogP contribution in [0.2, 0.25) is 0 Å². The average molecular weight is 409 g/mol. The Bertz CT molecular complexity index is 977. The second-order valence-corrected chi connectivity index (χ2v) is 8.31. The van der Waals surface area contributed by atoms with Crippen LogP contribution in [0.3, 0.4) is 0 Å². The van der Waals surface area contributed by atoms with E-state index in [9.17, 15) is 4.79 Å². The quantitative estimate of drug-likeness (QED) is 0.452. The molecule has 0 aliphatic carbocycles. The molecule has 7 heteroatoms. The fourth-order valence-corrected chi connectivity index (χ4v) is 4.04. The minimum absolute atomic E-state index is 0.0279. The van der Waals surface area contributed by atoms with Crippen molar-refractivity contribution < 1.29 is 9.53 Å². The van der Waals surface area contributed by atoms with Gasteiger partial charge in [-0.05, 0) is 44.0 Å². The van der Waals surface area contributed by atoms with E-state index in [0.29, 0.717) is 11.7 Å². The number of aromatic nitrogens is 2. The van der Waals surface area contributed by atoms with E-state index in [-0.39, 0.29) is 17.3 Å². The van der Waals surface area contributed by atoms with E-state index in [1.165, 1.54) is 11.8 Å². The minimum atomic E-state index is -0.304. The molecule has 1 aliphatic rings. The molecule has 1 fully saturated rings. The van der Waals surface area contributed by atoms with Crippen LogP contribution in [0.1, 0.15) is 19.8 Å². The normalized spacial score (nSPS) is 17.2. The van der Waals surface area contributed by atoms with Gasteiger partial charge in [-0.25, -0.2) is 9.97 Å². The van der Waals surface area contributed by atoms with Gasteiger partial charge in [0, 0.05) is 24.2 Å². The highest BCUT2D eigenvalue weighted by Crippen LogP contribution is 2.28.